The first-order chi connectivity index (χ1) is 11.3. The molecule has 118 valence electrons. The molecule has 3 rings (SSSR count). The lowest BCUT2D eigenvalue weighted by Crippen LogP contribution is -2.05. The summed E-state index contributed by atoms with van der Waals surface area (Å²) in [6.07, 6.45) is 0.888. The zero-order valence-electron chi connectivity index (χ0n) is 13.0. The highest BCUT2D eigenvalue weighted by Crippen LogP contribution is 2.28. The predicted molar refractivity (Wildman–Crippen MR) is 91.5 cm³/mol. The summed E-state index contributed by atoms with van der Waals surface area (Å²) in [5, 5.41) is 3.20. The van der Waals surface area contributed by atoms with E-state index < -0.39 is 0 Å². The standard InChI is InChI=1S/C18H19N3O2/c1-22-15-9-7-14(8-10-15)17-21-16(19)18(23-17)20-12-11-13-5-3-2-4-6-13/h2-10,20H,11-12,19H2,1H3. The minimum Gasteiger partial charge on any atom is -0.497 e. The Hall–Kier alpha value is -2.95. The summed E-state index contributed by atoms with van der Waals surface area (Å²) in [6, 6.07) is 17.7. The van der Waals surface area contributed by atoms with Gasteiger partial charge in [-0.3, -0.25) is 0 Å². The van der Waals surface area contributed by atoms with Gasteiger partial charge in [-0.15, -0.1) is 0 Å². The Morgan fingerprint density at radius 3 is 2.52 bits per heavy atom. The topological polar surface area (TPSA) is 73.3 Å². The Labute approximate surface area is 135 Å². The molecule has 0 aliphatic carbocycles. The maximum Gasteiger partial charge on any atom is 0.238 e. The number of nitrogens with two attached hydrogens (primary N) is 1. The monoisotopic (exact) mass is 309 g/mol. The first kappa shape index (κ1) is 15.0. The van der Waals surface area contributed by atoms with Crippen molar-refractivity contribution >= 4 is 11.7 Å². The number of ether oxygens (including phenoxy) is 1. The number of aromatic nitrogens is 1. The van der Waals surface area contributed by atoms with Crippen molar-refractivity contribution in [2.45, 2.75) is 6.42 Å². The number of hydrogen-bond acceptors (Lipinski definition) is 5. The summed E-state index contributed by atoms with van der Waals surface area (Å²) < 4.78 is 10.9. The Balaban J connectivity index is 1.65. The molecule has 0 radical (unpaired) electrons. The average molecular weight is 309 g/mol. The molecule has 0 aliphatic heterocycles. The van der Waals surface area contributed by atoms with E-state index in [2.05, 4.69) is 22.4 Å². The molecule has 3 N–H and O–H groups in total. The third-order valence-electron chi connectivity index (χ3n) is 3.53. The first-order valence-electron chi connectivity index (χ1n) is 7.45. The SMILES string of the molecule is COc1ccc(-c2nc(N)c(NCCc3ccccc3)o2)cc1. The Bertz CT molecular complexity index is 752. The summed E-state index contributed by atoms with van der Waals surface area (Å²) in [5.41, 5.74) is 8.04. The number of nitrogens with one attached hydrogen (secondary N) is 1. The molecule has 0 fully saturated rings. The smallest absolute Gasteiger partial charge is 0.238 e. The van der Waals surface area contributed by atoms with Crippen molar-refractivity contribution < 1.29 is 9.15 Å². The number of benzene rings is 2. The van der Waals surface area contributed by atoms with Crippen LogP contribution in [0.3, 0.4) is 0 Å². The van der Waals surface area contributed by atoms with Gasteiger partial charge in [-0.25, -0.2) is 0 Å². The minimum atomic E-state index is 0.365. The number of anilines is 2. The van der Waals surface area contributed by atoms with Crippen molar-refractivity contribution in [2.24, 2.45) is 0 Å². The Morgan fingerprint density at radius 1 is 1.09 bits per heavy atom. The van der Waals surface area contributed by atoms with Crippen LogP contribution in [0.5, 0.6) is 5.75 Å². The van der Waals surface area contributed by atoms with Gasteiger partial charge < -0.3 is 20.2 Å². The predicted octanol–water partition coefficient (Wildman–Crippen LogP) is 3.59. The Morgan fingerprint density at radius 2 is 1.83 bits per heavy atom. The van der Waals surface area contributed by atoms with Gasteiger partial charge >= 0.3 is 0 Å². The van der Waals surface area contributed by atoms with E-state index in [0.717, 1.165) is 24.3 Å². The lowest BCUT2D eigenvalue weighted by molar-refractivity contribution is 0.415. The molecule has 0 bridgehead atoms. The fourth-order valence-electron chi connectivity index (χ4n) is 2.28. The molecule has 0 amide bonds. The molecule has 1 aromatic heterocycles. The molecule has 1 heterocycles. The van der Waals surface area contributed by atoms with Crippen LogP contribution in [0, 0.1) is 0 Å². The van der Waals surface area contributed by atoms with Crippen molar-refractivity contribution in [3.05, 3.63) is 60.2 Å². The summed E-state index contributed by atoms with van der Waals surface area (Å²) in [5.74, 6) is 2.15. The largest absolute Gasteiger partial charge is 0.497 e. The molecule has 2 aromatic carbocycles. The number of methoxy groups -OCH3 is 1. The summed E-state index contributed by atoms with van der Waals surface area (Å²) in [7, 11) is 1.63. The van der Waals surface area contributed by atoms with E-state index in [1.54, 1.807) is 7.11 Å². The third-order valence-corrected chi connectivity index (χ3v) is 3.53. The molecule has 0 saturated carbocycles. The van der Waals surface area contributed by atoms with E-state index >= 15 is 0 Å². The zero-order valence-corrected chi connectivity index (χ0v) is 13.0. The van der Waals surface area contributed by atoms with Gasteiger partial charge in [0.15, 0.2) is 5.82 Å². The van der Waals surface area contributed by atoms with E-state index in [-0.39, 0.29) is 0 Å². The van der Waals surface area contributed by atoms with Crippen molar-refractivity contribution in [3.8, 4) is 17.2 Å². The van der Waals surface area contributed by atoms with Crippen LogP contribution in [0.1, 0.15) is 5.56 Å². The highest BCUT2D eigenvalue weighted by atomic mass is 16.5. The van der Waals surface area contributed by atoms with Crippen LogP contribution in [0.15, 0.2) is 59.0 Å². The molecule has 0 atom stereocenters. The molecule has 3 aromatic rings. The fraction of sp³-hybridized carbons (Fsp3) is 0.167. The number of nitrogens with zero attached hydrogens (tertiary/aromatic N) is 1. The zero-order chi connectivity index (χ0) is 16.1. The molecule has 0 saturated heterocycles. The van der Waals surface area contributed by atoms with Gasteiger partial charge in [0.2, 0.25) is 11.8 Å². The van der Waals surface area contributed by atoms with E-state index in [1.807, 2.05) is 42.5 Å². The fourth-order valence-corrected chi connectivity index (χ4v) is 2.28. The number of rotatable bonds is 6. The van der Waals surface area contributed by atoms with Crippen LogP contribution in [-0.2, 0) is 6.42 Å². The molecule has 23 heavy (non-hydrogen) atoms. The maximum absolute atomic E-state index is 5.92. The van der Waals surface area contributed by atoms with E-state index in [0.29, 0.717) is 17.6 Å². The van der Waals surface area contributed by atoms with Gasteiger partial charge in [0.25, 0.3) is 0 Å². The van der Waals surface area contributed by atoms with E-state index in [1.165, 1.54) is 5.56 Å². The molecule has 0 aliphatic rings. The van der Waals surface area contributed by atoms with Gasteiger partial charge in [0, 0.05) is 12.1 Å². The Kier molecular flexibility index (Phi) is 4.47. The molecule has 5 heteroatoms. The highest BCUT2D eigenvalue weighted by Gasteiger charge is 2.12. The van der Waals surface area contributed by atoms with Crippen molar-refractivity contribution in [1.29, 1.82) is 0 Å². The summed E-state index contributed by atoms with van der Waals surface area (Å²) in [6.45, 7) is 0.728. The van der Waals surface area contributed by atoms with E-state index in [9.17, 15) is 0 Å². The van der Waals surface area contributed by atoms with Crippen molar-refractivity contribution in [3.63, 3.8) is 0 Å². The average Bonchev–Trinajstić information content (AvgIpc) is 2.97. The lowest BCUT2D eigenvalue weighted by Gasteiger charge is -2.03. The van der Waals surface area contributed by atoms with Crippen LogP contribution >= 0.6 is 0 Å². The summed E-state index contributed by atoms with van der Waals surface area (Å²) in [4.78, 5) is 4.27. The van der Waals surface area contributed by atoms with Crippen molar-refractivity contribution in [1.82, 2.24) is 4.98 Å². The highest BCUT2D eigenvalue weighted by molar-refractivity contribution is 5.63. The normalized spacial score (nSPS) is 10.5. The van der Waals surface area contributed by atoms with Crippen molar-refractivity contribution in [2.75, 3.05) is 24.7 Å². The van der Waals surface area contributed by atoms with Gasteiger partial charge in [-0.1, -0.05) is 30.3 Å². The minimum absolute atomic E-state index is 0.365. The number of hydrogen-bond donors (Lipinski definition) is 2. The second kappa shape index (κ2) is 6.87. The lowest BCUT2D eigenvalue weighted by atomic mass is 10.1. The molecule has 5 nitrogen and oxygen atoms in total. The number of nitrogen functional groups attached to an aromatic ring is 1. The van der Waals surface area contributed by atoms with Crippen LogP contribution < -0.4 is 15.8 Å². The van der Waals surface area contributed by atoms with E-state index in [4.69, 9.17) is 14.9 Å². The van der Waals surface area contributed by atoms with Crippen LogP contribution in [-0.4, -0.2) is 18.6 Å². The van der Waals surface area contributed by atoms with Crippen LogP contribution in [0.25, 0.3) is 11.5 Å². The summed E-state index contributed by atoms with van der Waals surface area (Å²) >= 11 is 0. The molecule has 0 spiro atoms. The second-order valence-electron chi connectivity index (χ2n) is 5.12. The van der Waals surface area contributed by atoms with Gasteiger partial charge in [-0.2, -0.15) is 4.98 Å². The third kappa shape index (κ3) is 3.63. The molecular weight excluding hydrogens is 290 g/mol. The quantitative estimate of drug-likeness (QED) is 0.728. The van der Waals surface area contributed by atoms with Crippen LogP contribution in [0.2, 0.25) is 0 Å². The van der Waals surface area contributed by atoms with Gasteiger partial charge in [0.05, 0.1) is 7.11 Å². The van der Waals surface area contributed by atoms with Gasteiger partial charge in [-0.05, 0) is 36.2 Å². The molecular formula is C18H19N3O2. The second-order valence-corrected chi connectivity index (χ2v) is 5.12. The first-order valence-corrected chi connectivity index (χ1v) is 7.45. The van der Waals surface area contributed by atoms with Crippen LogP contribution in [0.4, 0.5) is 11.7 Å². The number of oxazole rings is 1. The van der Waals surface area contributed by atoms with Gasteiger partial charge in [0.1, 0.15) is 5.75 Å². The molecule has 0 unspecified atom stereocenters. The maximum atomic E-state index is 5.92.